The number of ketones is 3. The van der Waals surface area contributed by atoms with Crippen molar-refractivity contribution in [1.29, 1.82) is 0 Å². The highest BCUT2D eigenvalue weighted by Crippen LogP contribution is 2.17. The molecular weight excluding hydrogens is 626 g/mol. The average molecular weight is 676 g/mol. The monoisotopic (exact) mass is 675 g/mol. The second-order valence-corrected chi connectivity index (χ2v) is 11.1. The summed E-state index contributed by atoms with van der Waals surface area (Å²) in [5.74, 6) is -2.52. The Labute approximate surface area is 280 Å². The highest BCUT2D eigenvalue weighted by Gasteiger charge is 2.28. The molecule has 0 bridgehead atoms. The van der Waals surface area contributed by atoms with Gasteiger partial charge in [0, 0.05) is 37.8 Å². The number of phenols is 1. The molecule has 0 saturated carbocycles. The first-order chi connectivity index (χ1) is 23.1. The number of hydrogen-bond acceptors (Lipinski definition) is 12. The molecule has 0 radical (unpaired) electrons. The third-order valence-electron chi connectivity index (χ3n) is 7.21. The van der Waals surface area contributed by atoms with Gasteiger partial charge in [-0.3, -0.25) is 24.0 Å². The van der Waals surface area contributed by atoms with Gasteiger partial charge in [-0.1, -0.05) is 31.2 Å². The van der Waals surface area contributed by atoms with E-state index < -0.39 is 23.8 Å². The zero-order valence-corrected chi connectivity index (χ0v) is 27.9. The van der Waals surface area contributed by atoms with Crippen LogP contribution in [0.4, 0.5) is 0 Å². The van der Waals surface area contributed by atoms with Gasteiger partial charge < -0.3 is 35.1 Å². The Bertz CT molecular complexity index is 1280. The summed E-state index contributed by atoms with van der Waals surface area (Å²) in [5.41, 5.74) is 6.74. The minimum Gasteiger partial charge on any atom is -0.508 e. The van der Waals surface area contributed by atoms with Crippen LogP contribution in [0.15, 0.2) is 30.5 Å². The molecule has 266 valence electrons. The Hall–Kier alpha value is -4.05. The van der Waals surface area contributed by atoms with Gasteiger partial charge in [0.1, 0.15) is 18.1 Å². The molecule has 1 aromatic heterocycles. The summed E-state index contributed by atoms with van der Waals surface area (Å²) in [6.45, 7) is 6.11. The van der Waals surface area contributed by atoms with E-state index in [1.807, 2.05) is 13.1 Å². The Kier molecular flexibility index (Phi) is 19.5. The van der Waals surface area contributed by atoms with Gasteiger partial charge in [0.05, 0.1) is 70.9 Å². The third kappa shape index (κ3) is 17.2. The maximum absolute atomic E-state index is 13.1. The molecule has 2 rings (SSSR count). The quantitative estimate of drug-likeness (QED) is 0.108. The lowest BCUT2D eigenvalue weighted by Crippen LogP contribution is -2.46. The second kappa shape index (κ2) is 23.3. The minimum atomic E-state index is -1.07. The Balaban J connectivity index is 1.60. The number of Topliss-reactive ketones (excluding diaryl/α,β-unsaturated/α-hetero) is 3. The van der Waals surface area contributed by atoms with Gasteiger partial charge >= 0.3 is 0 Å². The molecular formula is C33H49N5O10. The van der Waals surface area contributed by atoms with Gasteiger partial charge in [-0.05, 0) is 30.5 Å². The highest BCUT2D eigenvalue weighted by molar-refractivity contribution is 5.94. The van der Waals surface area contributed by atoms with Crippen molar-refractivity contribution in [2.45, 2.75) is 71.4 Å². The molecule has 15 nitrogen and oxygen atoms in total. The molecule has 1 heterocycles. The fourth-order valence-electron chi connectivity index (χ4n) is 4.50. The van der Waals surface area contributed by atoms with Crippen LogP contribution in [0.2, 0.25) is 0 Å². The van der Waals surface area contributed by atoms with E-state index in [-0.39, 0.29) is 68.6 Å². The number of amides is 2. The molecule has 0 saturated heterocycles. The van der Waals surface area contributed by atoms with Gasteiger partial charge in [0.25, 0.3) is 0 Å². The Morgan fingerprint density at radius 1 is 0.854 bits per heavy atom. The van der Waals surface area contributed by atoms with Crippen molar-refractivity contribution in [3.05, 3.63) is 41.7 Å². The van der Waals surface area contributed by atoms with Crippen molar-refractivity contribution in [2.24, 2.45) is 11.7 Å². The molecule has 0 fully saturated rings. The van der Waals surface area contributed by atoms with Crippen molar-refractivity contribution >= 4 is 29.2 Å². The molecule has 0 aliphatic heterocycles. The number of carbonyl (C=O) groups is 5. The Morgan fingerprint density at radius 2 is 1.48 bits per heavy atom. The van der Waals surface area contributed by atoms with Crippen LogP contribution in [0.1, 0.15) is 57.2 Å². The lowest BCUT2D eigenvalue weighted by atomic mass is 9.92. The van der Waals surface area contributed by atoms with E-state index in [1.165, 1.54) is 12.1 Å². The first-order valence-electron chi connectivity index (χ1n) is 16.2. The number of benzene rings is 1. The summed E-state index contributed by atoms with van der Waals surface area (Å²) in [5, 5.41) is 20.3. The predicted molar refractivity (Wildman–Crippen MR) is 173 cm³/mol. The number of nitrogens with one attached hydrogen (secondary N) is 1. The summed E-state index contributed by atoms with van der Waals surface area (Å²) >= 11 is 0. The van der Waals surface area contributed by atoms with E-state index in [9.17, 15) is 29.1 Å². The molecule has 1 aromatic carbocycles. The summed E-state index contributed by atoms with van der Waals surface area (Å²) in [6.07, 6.45) is 3.18. The number of nitrogens with two attached hydrogens (primary N) is 1. The molecule has 0 aliphatic rings. The van der Waals surface area contributed by atoms with E-state index in [4.69, 9.17) is 24.7 Å². The van der Waals surface area contributed by atoms with Gasteiger partial charge in [-0.25, -0.2) is 4.68 Å². The highest BCUT2D eigenvalue weighted by atomic mass is 16.6. The molecule has 2 amide bonds. The van der Waals surface area contributed by atoms with E-state index in [0.29, 0.717) is 64.4 Å². The predicted octanol–water partition coefficient (Wildman–Crippen LogP) is 1.12. The first-order valence-corrected chi connectivity index (χ1v) is 16.2. The molecule has 0 unspecified atom stereocenters. The van der Waals surface area contributed by atoms with Crippen LogP contribution in [-0.4, -0.2) is 108 Å². The SMILES string of the molecule is CCC(=O)CCc1cn(CCOCCOCCOCCOCC(=O)C[C@H](Cc2ccc(O)cc2)C(=O)N[C@@H](CC(N)=O)C(=O)CC)nn1. The first kappa shape index (κ1) is 40.1. The number of ether oxygens (including phenoxy) is 4. The van der Waals surface area contributed by atoms with Crippen LogP contribution in [-0.2, 0) is 62.3 Å². The van der Waals surface area contributed by atoms with Crippen molar-refractivity contribution in [3.8, 4) is 5.75 Å². The van der Waals surface area contributed by atoms with Crippen molar-refractivity contribution < 1.29 is 48.0 Å². The number of carbonyl (C=O) groups excluding carboxylic acids is 5. The van der Waals surface area contributed by atoms with Crippen LogP contribution < -0.4 is 11.1 Å². The molecule has 15 heteroatoms. The summed E-state index contributed by atoms with van der Waals surface area (Å²) in [4.78, 5) is 61.0. The summed E-state index contributed by atoms with van der Waals surface area (Å²) in [7, 11) is 0. The zero-order chi connectivity index (χ0) is 35.1. The lowest BCUT2D eigenvalue weighted by Gasteiger charge is -2.21. The number of primary amides is 1. The van der Waals surface area contributed by atoms with Gasteiger partial charge in [0.2, 0.25) is 11.8 Å². The fraction of sp³-hybridized carbons (Fsp3) is 0.606. The maximum Gasteiger partial charge on any atom is 0.224 e. The van der Waals surface area contributed by atoms with Crippen molar-refractivity contribution in [2.75, 3.05) is 52.9 Å². The second-order valence-electron chi connectivity index (χ2n) is 11.1. The van der Waals surface area contributed by atoms with E-state index in [0.717, 1.165) is 5.69 Å². The smallest absolute Gasteiger partial charge is 0.224 e. The molecule has 48 heavy (non-hydrogen) atoms. The molecule has 4 N–H and O–H groups in total. The number of hydrogen-bond donors (Lipinski definition) is 3. The van der Waals surface area contributed by atoms with Crippen molar-refractivity contribution in [3.63, 3.8) is 0 Å². The van der Waals surface area contributed by atoms with E-state index in [2.05, 4.69) is 15.6 Å². The number of aryl methyl sites for hydroxylation is 1. The molecule has 0 spiro atoms. The van der Waals surface area contributed by atoms with Gasteiger partial charge in [-0.2, -0.15) is 0 Å². The average Bonchev–Trinajstić information content (AvgIpc) is 3.53. The number of nitrogens with zero attached hydrogens (tertiary/aromatic N) is 3. The number of aromatic hydroxyl groups is 1. The minimum absolute atomic E-state index is 0.0613. The molecule has 0 aliphatic carbocycles. The van der Waals surface area contributed by atoms with Crippen LogP contribution in [0.5, 0.6) is 5.75 Å². The topological polar surface area (TPSA) is 211 Å². The van der Waals surface area contributed by atoms with Crippen LogP contribution >= 0.6 is 0 Å². The number of aromatic nitrogens is 3. The van der Waals surface area contributed by atoms with Crippen LogP contribution in [0.25, 0.3) is 0 Å². The van der Waals surface area contributed by atoms with Crippen LogP contribution in [0, 0.1) is 5.92 Å². The standard InChI is InChI=1S/C33H49N5O10/c1-3-27(39)10-7-26-22-38(37-36-26)11-12-45-13-14-46-15-16-47-17-18-48-23-29(41)20-25(19-24-5-8-28(40)9-6-24)33(44)35-30(21-32(34)43)31(42)4-2/h5-6,8-9,22,25,30,40H,3-4,7,10-21,23H2,1-2H3,(H2,34,43)(H,35,44)/t25-,30-/m0/s1. The van der Waals surface area contributed by atoms with E-state index >= 15 is 0 Å². The third-order valence-corrected chi connectivity index (χ3v) is 7.21. The fourth-order valence-corrected chi connectivity index (χ4v) is 4.50. The lowest BCUT2D eigenvalue weighted by molar-refractivity contribution is -0.134. The molecule has 2 aromatic rings. The van der Waals surface area contributed by atoms with Gasteiger partial charge in [0.15, 0.2) is 11.6 Å². The summed E-state index contributed by atoms with van der Waals surface area (Å²) < 4.78 is 23.6. The van der Waals surface area contributed by atoms with Crippen LogP contribution in [0.3, 0.4) is 0 Å². The maximum atomic E-state index is 13.1. The number of rotatable bonds is 28. The number of phenolic OH excluding ortho intramolecular Hbond substituents is 1. The normalized spacial score (nSPS) is 12.4. The largest absolute Gasteiger partial charge is 0.508 e. The van der Waals surface area contributed by atoms with E-state index in [1.54, 1.807) is 23.7 Å². The molecule has 2 atom stereocenters. The summed E-state index contributed by atoms with van der Waals surface area (Å²) in [6, 6.07) is 5.16. The van der Waals surface area contributed by atoms with Crippen molar-refractivity contribution in [1.82, 2.24) is 20.3 Å². The zero-order valence-electron chi connectivity index (χ0n) is 27.9. The van der Waals surface area contributed by atoms with Gasteiger partial charge in [-0.15, -0.1) is 5.10 Å². The Morgan fingerprint density at radius 3 is 2.08 bits per heavy atom.